The van der Waals surface area contributed by atoms with Gasteiger partial charge in [0.05, 0.1) is 11.3 Å². The summed E-state index contributed by atoms with van der Waals surface area (Å²) in [5, 5.41) is 9.96. The number of aromatic nitrogens is 1. The third-order valence-corrected chi connectivity index (χ3v) is 3.36. The smallest absolute Gasteiger partial charge is 0.134 e. The van der Waals surface area contributed by atoms with Crippen LogP contribution >= 0.6 is 11.6 Å². The standard InChI is InChI=1S/C18H11ClN2O/c19-15-6-4-13(5-7-15)18-9-8-16(22-18)11-14(12-20)17-3-1-2-10-21-17/h1-11H/b14-11+. The molecule has 0 unspecified atom stereocenters. The first-order chi connectivity index (χ1) is 10.8. The molecule has 0 saturated heterocycles. The van der Waals surface area contributed by atoms with E-state index in [9.17, 15) is 5.26 Å². The fourth-order valence-electron chi connectivity index (χ4n) is 2.03. The largest absolute Gasteiger partial charge is 0.457 e. The second kappa shape index (κ2) is 6.30. The van der Waals surface area contributed by atoms with Crippen LogP contribution in [-0.2, 0) is 0 Å². The van der Waals surface area contributed by atoms with E-state index in [2.05, 4.69) is 11.1 Å². The number of rotatable bonds is 3. The van der Waals surface area contributed by atoms with Gasteiger partial charge in [-0.25, -0.2) is 0 Å². The highest BCUT2D eigenvalue weighted by atomic mass is 35.5. The lowest BCUT2D eigenvalue weighted by molar-refractivity contribution is 0.572. The van der Waals surface area contributed by atoms with Gasteiger partial charge in [-0.3, -0.25) is 4.98 Å². The molecule has 1 aromatic carbocycles. The Morgan fingerprint density at radius 1 is 1.09 bits per heavy atom. The molecule has 2 aromatic heterocycles. The molecule has 0 aliphatic carbocycles. The van der Waals surface area contributed by atoms with Crippen LogP contribution in [0.5, 0.6) is 0 Å². The molecule has 0 fully saturated rings. The van der Waals surface area contributed by atoms with Gasteiger partial charge in [-0.2, -0.15) is 5.26 Å². The Kier molecular flexibility index (Phi) is 4.04. The Bertz CT molecular complexity index is 843. The average Bonchev–Trinajstić information content (AvgIpc) is 3.03. The molecular weight excluding hydrogens is 296 g/mol. The van der Waals surface area contributed by atoms with Crippen molar-refractivity contribution in [3.8, 4) is 17.4 Å². The highest BCUT2D eigenvalue weighted by Gasteiger charge is 2.06. The summed E-state index contributed by atoms with van der Waals surface area (Å²) < 4.78 is 5.77. The maximum atomic E-state index is 9.28. The van der Waals surface area contributed by atoms with Crippen LogP contribution in [0.15, 0.2) is 65.2 Å². The van der Waals surface area contributed by atoms with Crippen LogP contribution in [0.4, 0.5) is 0 Å². The number of hydrogen-bond donors (Lipinski definition) is 0. The van der Waals surface area contributed by atoms with E-state index in [1.54, 1.807) is 18.3 Å². The Labute approximate surface area is 133 Å². The van der Waals surface area contributed by atoms with Gasteiger partial charge in [0.1, 0.15) is 17.6 Å². The van der Waals surface area contributed by atoms with Gasteiger partial charge < -0.3 is 4.42 Å². The molecule has 3 aromatic rings. The number of halogens is 1. The molecule has 0 bridgehead atoms. The molecule has 0 aliphatic heterocycles. The van der Waals surface area contributed by atoms with Crippen LogP contribution in [0.25, 0.3) is 23.0 Å². The van der Waals surface area contributed by atoms with Crippen LogP contribution in [0.2, 0.25) is 5.02 Å². The summed E-state index contributed by atoms with van der Waals surface area (Å²) in [4.78, 5) is 4.17. The lowest BCUT2D eigenvalue weighted by Gasteiger charge is -1.98. The molecule has 4 heteroatoms. The number of hydrogen-bond acceptors (Lipinski definition) is 3. The zero-order chi connectivity index (χ0) is 15.4. The average molecular weight is 307 g/mol. The highest BCUT2D eigenvalue weighted by molar-refractivity contribution is 6.30. The van der Waals surface area contributed by atoms with Crippen molar-refractivity contribution in [3.63, 3.8) is 0 Å². The van der Waals surface area contributed by atoms with E-state index in [4.69, 9.17) is 16.0 Å². The summed E-state index contributed by atoms with van der Waals surface area (Å²) in [7, 11) is 0. The van der Waals surface area contributed by atoms with Crippen molar-refractivity contribution in [3.05, 3.63) is 77.3 Å². The van der Waals surface area contributed by atoms with Gasteiger partial charge >= 0.3 is 0 Å². The second-order valence-electron chi connectivity index (χ2n) is 4.59. The van der Waals surface area contributed by atoms with E-state index in [-0.39, 0.29) is 0 Å². The van der Waals surface area contributed by atoms with Crippen molar-refractivity contribution in [2.75, 3.05) is 0 Å². The number of pyridine rings is 1. The Hall–Kier alpha value is -2.83. The normalized spacial score (nSPS) is 11.2. The van der Waals surface area contributed by atoms with Gasteiger partial charge in [-0.05, 0) is 48.5 Å². The van der Waals surface area contributed by atoms with Gasteiger partial charge in [-0.1, -0.05) is 17.7 Å². The van der Waals surface area contributed by atoms with Crippen LogP contribution in [-0.4, -0.2) is 4.98 Å². The summed E-state index contributed by atoms with van der Waals surface area (Å²) in [6.45, 7) is 0. The molecule has 0 spiro atoms. The Morgan fingerprint density at radius 3 is 2.59 bits per heavy atom. The minimum atomic E-state index is 0.456. The van der Waals surface area contributed by atoms with Crippen LogP contribution < -0.4 is 0 Å². The first kappa shape index (κ1) is 14.1. The van der Waals surface area contributed by atoms with E-state index in [1.807, 2.05) is 48.5 Å². The molecule has 0 radical (unpaired) electrons. The topological polar surface area (TPSA) is 49.8 Å². The quantitative estimate of drug-likeness (QED) is 0.635. The van der Waals surface area contributed by atoms with Crippen molar-refractivity contribution >= 4 is 23.3 Å². The fraction of sp³-hybridized carbons (Fsp3) is 0. The number of nitriles is 1. The van der Waals surface area contributed by atoms with Crippen molar-refractivity contribution in [2.45, 2.75) is 0 Å². The maximum Gasteiger partial charge on any atom is 0.134 e. The molecule has 2 heterocycles. The van der Waals surface area contributed by atoms with Gasteiger partial charge in [0.25, 0.3) is 0 Å². The molecule has 0 aliphatic rings. The molecular formula is C18H11ClN2O. The third kappa shape index (κ3) is 3.08. The van der Waals surface area contributed by atoms with E-state index in [0.717, 1.165) is 11.3 Å². The number of benzene rings is 1. The Balaban J connectivity index is 1.92. The van der Waals surface area contributed by atoms with Crippen molar-refractivity contribution < 1.29 is 4.42 Å². The molecule has 3 nitrogen and oxygen atoms in total. The predicted molar refractivity (Wildman–Crippen MR) is 86.9 cm³/mol. The molecule has 22 heavy (non-hydrogen) atoms. The predicted octanol–water partition coefficient (Wildman–Crippen LogP) is 5.06. The van der Waals surface area contributed by atoms with Crippen molar-refractivity contribution in [1.29, 1.82) is 5.26 Å². The van der Waals surface area contributed by atoms with Crippen LogP contribution in [0.3, 0.4) is 0 Å². The molecule has 0 atom stereocenters. The maximum absolute atomic E-state index is 9.28. The van der Waals surface area contributed by atoms with Gasteiger partial charge in [0.2, 0.25) is 0 Å². The SMILES string of the molecule is N#C/C(=C\c1ccc(-c2ccc(Cl)cc2)o1)c1ccccn1. The zero-order valence-electron chi connectivity index (χ0n) is 11.5. The summed E-state index contributed by atoms with van der Waals surface area (Å²) in [5.74, 6) is 1.33. The van der Waals surface area contributed by atoms with Crippen LogP contribution in [0.1, 0.15) is 11.5 Å². The lowest BCUT2D eigenvalue weighted by Crippen LogP contribution is -1.84. The third-order valence-electron chi connectivity index (χ3n) is 3.10. The minimum Gasteiger partial charge on any atom is -0.457 e. The summed E-state index contributed by atoms with van der Waals surface area (Å²) >= 11 is 5.88. The first-order valence-corrected chi connectivity index (χ1v) is 7.03. The fourth-order valence-corrected chi connectivity index (χ4v) is 2.15. The van der Waals surface area contributed by atoms with Crippen LogP contribution in [0, 0.1) is 11.3 Å². The Morgan fingerprint density at radius 2 is 1.91 bits per heavy atom. The summed E-state index contributed by atoms with van der Waals surface area (Å²) in [6, 6.07) is 18.7. The van der Waals surface area contributed by atoms with Gasteiger partial charge in [0, 0.05) is 22.9 Å². The monoisotopic (exact) mass is 306 g/mol. The van der Waals surface area contributed by atoms with E-state index in [1.165, 1.54) is 0 Å². The molecule has 3 rings (SSSR count). The molecule has 106 valence electrons. The number of nitrogens with zero attached hydrogens (tertiary/aromatic N) is 2. The lowest BCUT2D eigenvalue weighted by atomic mass is 10.1. The molecule has 0 N–H and O–H groups in total. The number of allylic oxidation sites excluding steroid dienone is 1. The first-order valence-electron chi connectivity index (χ1n) is 6.65. The summed E-state index contributed by atoms with van der Waals surface area (Å²) in [6.07, 6.45) is 3.34. The van der Waals surface area contributed by atoms with Crippen molar-refractivity contribution in [1.82, 2.24) is 4.98 Å². The van der Waals surface area contributed by atoms with E-state index < -0.39 is 0 Å². The minimum absolute atomic E-state index is 0.456. The molecule has 0 saturated carbocycles. The van der Waals surface area contributed by atoms with Crippen molar-refractivity contribution in [2.24, 2.45) is 0 Å². The zero-order valence-corrected chi connectivity index (χ0v) is 12.3. The summed E-state index contributed by atoms with van der Waals surface area (Å²) in [5.41, 5.74) is 2.01. The van der Waals surface area contributed by atoms with E-state index in [0.29, 0.717) is 22.0 Å². The van der Waals surface area contributed by atoms with E-state index >= 15 is 0 Å². The molecule has 0 amide bonds. The van der Waals surface area contributed by atoms with Gasteiger partial charge in [-0.15, -0.1) is 0 Å². The second-order valence-corrected chi connectivity index (χ2v) is 5.03. The number of furan rings is 1. The highest BCUT2D eigenvalue weighted by Crippen LogP contribution is 2.25. The van der Waals surface area contributed by atoms with Gasteiger partial charge in [0.15, 0.2) is 0 Å².